The number of aliphatic hydroxyl groups excluding tert-OH is 1. The minimum absolute atomic E-state index is 0.0763. The van der Waals surface area contributed by atoms with Crippen molar-refractivity contribution in [3.63, 3.8) is 0 Å². The smallest absolute Gasteiger partial charge is 0.271 e. The first-order valence-corrected chi connectivity index (χ1v) is 12.4. The normalized spacial score (nSPS) is 12.8. The first-order valence-electron chi connectivity index (χ1n) is 12.1. The van der Waals surface area contributed by atoms with Gasteiger partial charge in [-0.15, -0.1) is 0 Å². The van der Waals surface area contributed by atoms with Crippen LogP contribution in [0.4, 0.5) is 0 Å². The third-order valence-corrected chi connectivity index (χ3v) is 6.87. The second-order valence-electron chi connectivity index (χ2n) is 9.00. The molecular weight excluding hydrogens is 502 g/mol. The van der Waals surface area contributed by atoms with Gasteiger partial charge in [0.2, 0.25) is 5.91 Å². The summed E-state index contributed by atoms with van der Waals surface area (Å²) in [4.78, 5) is 27.1. The maximum atomic E-state index is 13.2. The number of fused-ring (bicyclic) bond motifs is 1. The molecule has 0 fully saturated rings. The molecule has 194 valence electrons. The third-order valence-electron chi connectivity index (χ3n) is 6.57. The van der Waals surface area contributed by atoms with Gasteiger partial charge in [-0.05, 0) is 47.0 Å². The molecule has 0 aliphatic carbocycles. The van der Waals surface area contributed by atoms with Gasteiger partial charge >= 0.3 is 0 Å². The summed E-state index contributed by atoms with van der Waals surface area (Å²) in [5.41, 5.74) is 5.10. The quantitative estimate of drug-likeness (QED) is 0.219. The van der Waals surface area contributed by atoms with Crippen molar-refractivity contribution in [2.24, 2.45) is 5.10 Å². The Hall–Kier alpha value is -4.20. The van der Waals surface area contributed by atoms with E-state index in [0.717, 1.165) is 27.5 Å². The van der Waals surface area contributed by atoms with E-state index < -0.39 is 18.1 Å². The van der Waals surface area contributed by atoms with E-state index in [1.165, 1.54) is 24.4 Å². The minimum Gasteiger partial charge on any atom is -0.506 e. The maximum absolute atomic E-state index is 13.2. The number of likely N-dealkylation sites (N-methyl/N-ethyl adjacent to an activating group) is 1. The van der Waals surface area contributed by atoms with Crippen LogP contribution in [0, 0.1) is 0 Å². The number of carbonyl (C=O) groups is 2. The number of amides is 2. The number of rotatable bonds is 8. The van der Waals surface area contributed by atoms with Crippen molar-refractivity contribution in [2.45, 2.75) is 25.5 Å². The largest absolute Gasteiger partial charge is 0.506 e. The lowest BCUT2D eigenvalue weighted by atomic mass is 9.97. The number of halogens is 1. The third kappa shape index (κ3) is 6.02. The van der Waals surface area contributed by atoms with Crippen molar-refractivity contribution in [2.75, 3.05) is 7.05 Å². The minimum atomic E-state index is -0.798. The number of aliphatic hydroxyl groups is 1. The van der Waals surface area contributed by atoms with E-state index in [2.05, 4.69) is 10.5 Å². The van der Waals surface area contributed by atoms with Crippen molar-refractivity contribution < 1.29 is 19.8 Å². The van der Waals surface area contributed by atoms with Crippen LogP contribution in [0.3, 0.4) is 0 Å². The van der Waals surface area contributed by atoms with Crippen molar-refractivity contribution in [3.8, 4) is 5.75 Å². The van der Waals surface area contributed by atoms with Crippen LogP contribution in [0.5, 0.6) is 5.75 Å². The maximum Gasteiger partial charge on any atom is 0.271 e. The zero-order valence-electron chi connectivity index (χ0n) is 21.0. The summed E-state index contributed by atoms with van der Waals surface area (Å²) in [7, 11) is 1.70. The Labute approximate surface area is 226 Å². The summed E-state index contributed by atoms with van der Waals surface area (Å²) in [5.74, 6) is -0.687. The highest BCUT2D eigenvalue weighted by molar-refractivity contribution is 6.32. The fraction of sp³-hybridized carbons (Fsp3) is 0.167. The SMILES string of the molecule is C[C@H]([C@@H](O)c1ccccc1)N(C)C(=O)Cc1ccc(C=NNC(=O)c2ccc(O)c(Cl)c2)c2ccccc12. The number of aromatic hydroxyl groups is 1. The van der Waals surface area contributed by atoms with E-state index in [9.17, 15) is 19.8 Å². The van der Waals surface area contributed by atoms with Crippen LogP contribution in [0.15, 0.2) is 90.0 Å². The predicted octanol–water partition coefficient (Wildman–Crippen LogP) is 5.09. The average Bonchev–Trinajstić information content (AvgIpc) is 2.94. The molecule has 38 heavy (non-hydrogen) atoms. The lowest BCUT2D eigenvalue weighted by Crippen LogP contribution is -2.39. The van der Waals surface area contributed by atoms with Gasteiger partial charge in [-0.25, -0.2) is 5.43 Å². The van der Waals surface area contributed by atoms with Crippen LogP contribution in [-0.2, 0) is 11.2 Å². The highest BCUT2D eigenvalue weighted by atomic mass is 35.5. The Morgan fingerprint density at radius 2 is 1.68 bits per heavy atom. The number of hydrogen-bond acceptors (Lipinski definition) is 5. The molecule has 2 atom stereocenters. The Bertz CT molecular complexity index is 1490. The van der Waals surface area contributed by atoms with Gasteiger partial charge in [0.15, 0.2) is 0 Å². The van der Waals surface area contributed by atoms with E-state index >= 15 is 0 Å². The molecule has 0 saturated carbocycles. The summed E-state index contributed by atoms with van der Waals surface area (Å²) >= 11 is 5.88. The Kier molecular flexibility index (Phi) is 8.41. The number of carbonyl (C=O) groups excluding carboxylic acids is 2. The standard InChI is InChI=1S/C30H28ClN3O4/c1-19(29(37)20-8-4-3-5-9-20)34(2)28(36)17-21-12-13-23(25-11-7-6-10-24(21)25)18-32-33-30(38)22-14-15-27(35)26(31)16-22/h3-16,18-19,29,35,37H,17H2,1-2H3,(H,33,38)/t19-,29-/m1/s1. The number of hydrogen-bond donors (Lipinski definition) is 3. The van der Waals surface area contributed by atoms with Gasteiger partial charge in [-0.2, -0.15) is 5.10 Å². The number of hydrazone groups is 1. The molecule has 4 aromatic rings. The molecule has 0 radical (unpaired) electrons. The zero-order chi connectivity index (χ0) is 27.2. The summed E-state index contributed by atoms with van der Waals surface area (Å²) in [5, 5.41) is 26.2. The second kappa shape index (κ2) is 11.9. The van der Waals surface area contributed by atoms with Crippen molar-refractivity contribution in [1.29, 1.82) is 0 Å². The summed E-state index contributed by atoms with van der Waals surface area (Å²) in [6, 6.07) is 24.4. The molecule has 0 aliphatic heterocycles. The first kappa shape index (κ1) is 26.9. The van der Waals surface area contributed by atoms with Crippen molar-refractivity contribution >= 4 is 40.4 Å². The van der Waals surface area contributed by atoms with E-state index in [1.54, 1.807) is 11.9 Å². The zero-order valence-corrected chi connectivity index (χ0v) is 21.8. The molecule has 4 aromatic carbocycles. The summed E-state index contributed by atoms with van der Waals surface area (Å²) in [6.07, 6.45) is 0.907. The molecule has 0 saturated heterocycles. The molecule has 0 bridgehead atoms. The highest BCUT2D eigenvalue weighted by Gasteiger charge is 2.24. The molecule has 3 N–H and O–H groups in total. The predicted molar refractivity (Wildman–Crippen MR) is 149 cm³/mol. The van der Waals surface area contributed by atoms with Crippen molar-refractivity contribution in [1.82, 2.24) is 10.3 Å². The molecule has 2 amide bonds. The molecule has 0 aromatic heterocycles. The second-order valence-corrected chi connectivity index (χ2v) is 9.41. The fourth-order valence-electron chi connectivity index (χ4n) is 4.18. The lowest BCUT2D eigenvalue weighted by Gasteiger charge is -2.29. The number of benzene rings is 4. The topological polar surface area (TPSA) is 102 Å². The van der Waals surface area contributed by atoms with Crippen LogP contribution < -0.4 is 5.43 Å². The summed E-state index contributed by atoms with van der Waals surface area (Å²) < 4.78 is 0. The van der Waals surface area contributed by atoms with Crippen LogP contribution in [0.2, 0.25) is 5.02 Å². The van der Waals surface area contributed by atoms with Gasteiger partial charge in [0.05, 0.1) is 29.8 Å². The van der Waals surface area contributed by atoms with E-state index in [0.29, 0.717) is 0 Å². The molecule has 0 spiro atoms. The highest BCUT2D eigenvalue weighted by Crippen LogP contribution is 2.25. The Morgan fingerprint density at radius 3 is 2.39 bits per heavy atom. The van der Waals surface area contributed by atoms with Crippen molar-refractivity contribution in [3.05, 3.63) is 112 Å². The van der Waals surface area contributed by atoms with Gasteiger partial charge < -0.3 is 15.1 Å². The molecular formula is C30H28ClN3O4. The van der Waals surface area contributed by atoms with Gasteiger partial charge in [-0.1, -0.05) is 78.3 Å². The number of phenols is 1. The van der Waals surface area contributed by atoms with Gasteiger partial charge in [-0.3, -0.25) is 9.59 Å². The van der Waals surface area contributed by atoms with Crippen LogP contribution >= 0.6 is 11.6 Å². The lowest BCUT2D eigenvalue weighted by molar-refractivity contribution is -0.133. The molecule has 7 nitrogen and oxygen atoms in total. The number of phenolic OH excluding ortho intramolecular Hbond substituents is 1. The van der Waals surface area contributed by atoms with Gasteiger partial charge in [0, 0.05) is 18.2 Å². The van der Waals surface area contributed by atoms with E-state index in [-0.39, 0.29) is 28.7 Å². The molecule has 4 rings (SSSR count). The average molecular weight is 530 g/mol. The van der Waals surface area contributed by atoms with Crippen LogP contribution in [0.1, 0.15) is 40.1 Å². The number of nitrogens with one attached hydrogen (secondary N) is 1. The molecule has 0 unspecified atom stereocenters. The van der Waals surface area contributed by atoms with E-state index in [1.807, 2.05) is 73.7 Å². The number of nitrogens with zero attached hydrogens (tertiary/aromatic N) is 2. The first-order chi connectivity index (χ1) is 18.3. The molecule has 8 heteroatoms. The fourth-order valence-corrected chi connectivity index (χ4v) is 4.36. The summed E-state index contributed by atoms with van der Waals surface area (Å²) in [6.45, 7) is 1.83. The van der Waals surface area contributed by atoms with Crippen LogP contribution in [0.25, 0.3) is 10.8 Å². The van der Waals surface area contributed by atoms with E-state index in [4.69, 9.17) is 11.6 Å². The molecule has 0 aliphatic rings. The van der Waals surface area contributed by atoms with Gasteiger partial charge in [0.1, 0.15) is 5.75 Å². The monoisotopic (exact) mass is 529 g/mol. The molecule has 0 heterocycles. The van der Waals surface area contributed by atoms with Crippen LogP contribution in [-0.4, -0.2) is 46.2 Å². The Morgan fingerprint density at radius 1 is 1.00 bits per heavy atom. The Balaban J connectivity index is 1.48. The van der Waals surface area contributed by atoms with Gasteiger partial charge in [0.25, 0.3) is 5.91 Å².